The molecule has 5 rings (SSSR count). The summed E-state index contributed by atoms with van der Waals surface area (Å²) in [4.78, 5) is 17.2. The summed E-state index contributed by atoms with van der Waals surface area (Å²) in [6.07, 6.45) is 1.01. The Bertz CT molecular complexity index is 1400. The van der Waals surface area contributed by atoms with Crippen molar-refractivity contribution in [2.24, 2.45) is 0 Å². The third-order valence-corrected chi connectivity index (χ3v) is 5.92. The van der Waals surface area contributed by atoms with Crippen LogP contribution in [0.3, 0.4) is 0 Å². The van der Waals surface area contributed by atoms with Crippen LogP contribution in [0.2, 0.25) is 0 Å². The zero-order chi connectivity index (χ0) is 23.3. The molecule has 0 aliphatic carbocycles. The average molecular weight is 447 g/mol. The van der Waals surface area contributed by atoms with E-state index in [0.29, 0.717) is 18.6 Å². The zero-order valence-corrected chi connectivity index (χ0v) is 19.1. The molecule has 0 unspecified atom stereocenters. The van der Waals surface area contributed by atoms with E-state index in [1.54, 1.807) is 0 Å². The van der Waals surface area contributed by atoms with E-state index in [2.05, 4.69) is 66.1 Å². The highest BCUT2D eigenvalue weighted by molar-refractivity contribution is 5.81. The number of hydrogen-bond donors (Lipinski definition) is 0. The smallest absolute Gasteiger partial charge is 0.311 e. The quantitative estimate of drug-likeness (QED) is 0.209. The van der Waals surface area contributed by atoms with Gasteiger partial charge >= 0.3 is 5.97 Å². The summed E-state index contributed by atoms with van der Waals surface area (Å²) in [5.74, 6) is 1.20. The van der Waals surface area contributed by atoms with Crippen molar-refractivity contribution in [2.45, 2.75) is 26.3 Å². The Balaban J connectivity index is 1.33. The molecule has 0 saturated carbocycles. The number of carbonyl (C=O) groups is 1. The molecule has 4 aromatic carbocycles. The van der Waals surface area contributed by atoms with E-state index in [4.69, 9.17) is 9.72 Å². The van der Waals surface area contributed by atoms with Crippen molar-refractivity contribution in [2.75, 3.05) is 0 Å². The number of aryl methyl sites for hydroxylation is 2. The molecule has 0 saturated heterocycles. The number of nitrogens with zero attached hydrogens (tertiary/aromatic N) is 2. The summed E-state index contributed by atoms with van der Waals surface area (Å²) in [6, 6.07) is 34.4. The molecule has 0 spiro atoms. The second kappa shape index (κ2) is 9.75. The van der Waals surface area contributed by atoms with Crippen LogP contribution in [0.4, 0.5) is 0 Å². The zero-order valence-electron chi connectivity index (χ0n) is 19.1. The van der Waals surface area contributed by atoms with E-state index in [1.807, 2.05) is 48.5 Å². The number of rotatable bonds is 7. The highest BCUT2D eigenvalue weighted by Crippen LogP contribution is 2.27. The third kappa shape index (κ3) is 4.91. The monoisotopic (exact) mass is 446 g/mol. The molecular formula is C30H26N2O2. The Morgan fingerprint density at radius 1 is 0.794 bits per heavy atom. The van der Waals surface area contributed by atoms with Crippen molar-refractivity contribution >= 4 is 17.0 Å². The van der Waals surface area contributed by atoms with Crippen LogP contribution in [-0.4, -0.2) is 15.5 Å². The highest BCUT2D eigenvalue weighted by atomic mass is 16.5. The van der Waals surface area contributed by atoms with Gasteiger partial charge in [0.15, 0.2) is 0 Å². The highest BCUT2D eigenvalue weighted by Gasteiger charge is 2.13. The van der Waals surface area contributed by atoms with Crippen molar-refractivity contribution < 1.29 is 9.53 Å². The maximum atomic E-state index is 12.3. The van der Waals surface area contributed by atoms with Gasteiger partial charge in [0, 0.05) is 18.5 Å². The number of carbonyl (C=O) groups excluding carboxylic acids is 1. The predicted molar refractivity (Wildman–Crippen MR) is 136 cm³/mol. The molecule has 0 fully saturated rings. The van der Waals surface area contributed by atoms with E-state index in [1.165, 1.54) is 11.1 Å². The largest absolute Gasteiger partial charge is 0.427 e. The lowest BCUT2D eigenvalue weighted by Gasteiger charge is -2.10. The van der Waals surface area contributed by atoms with E-state index >= 15 is 0 Å². The third-order valence-electron chi connectivity index (χ3n) is 5.92. The Morgan fingerprint density at radius 3 is 2.26 bits per heavy atom. The van der Waals surface area contributed by atoms with E-state index in [-0.39, 0.29) is 5.97 Å². The molecule has 0 amide bonds. The number of benzene rings is 4. The first-order valence-corrected chi connectivity index (χ1v) is 11.5. The first-order valence-electron chi connectivity index (χ1n) is 11.5. The molecule has 5 aromatic rings. The van der Waals surface area contributed by atoms with Crippen molar-refractivity contribution in [3.63, 3.8) is 0 Å². The van der Waals surface area contributed by atoms with Gasteiger partial charge in [-0.3, -0.25) is 4.79 Å². The lowest BCUT2D eigenvalue weighted by Crippen LogP contribution is -2.09. The first kappa shape index (κ1) is 21.7. The molecule has 1 heterocycles. The Morgan fingerprint density at radius 2 is 1.50 bits per heavy atom. The lowest BCUT2D eigenvalue weighted by atomic mass is 10.1. The second-order valence-corrected chi connectivity index (χ2v) is 8.48. The maximum Gasteiger partial charge on any atom is 0.311 e. The number of hydrogen-bond acceptors (Lipinski definition) is 3. The Kier molecular flexibility index (Phi) is 6.21. The van der Waals surface area contributed by atoms with Gasteiger partial charge < -0.3 is 9.30 Å². The van der Waals surface area contributed by atoms with Gasteiger partial charge in [0.25, 0.3) is 0 Å². The molecule has 0 aliphatic heterocycles. The van der Waals surface area contributed by atoms with Gasteiger partial charge in [-0.05, 0) is 60.9 Å². The van der Waals surface area contributed by atoms with Crippen molar-refractivity contribution in [1.82, 2.24) is 9.55 Å². The van der Waals surface area contributed by atoms with Crippen molar-refractivity contribution in [1.29, 1.82) is 0 Å². The van der Waals surface area contributed by atoms with Crippen LogP contribution in [0, 0.1) is 6.92 Å². The number of aromatic nitrogens is 2. The second-order valence-electron chi connectivity index (χ2n) is 8.48. The van der Waals surface area contributed by atoms with Gasteiger partial charge in [0.2, 0.25) is 0 Å². The van der Waals surface area contributed by atoms with Gasteiger partial charge in [0.1, 0.15) is 11.6 Å². The fourth-order valence-electron chi connectivity index (χ4n) is 4.08. The molecule has 34 heavy (non-hydrogen) atoms. The predicted octanol–water partition coefficient (Wildman–Crippen LogP) is 6.60. The number of ether oxygens (including phenoxy) is 1. The lowest BCUT2D eigenvalue weighted by molar-refractivity contribution is -0.134. The topological polar surface area (TPSA) is 44.1 Å². The van der Waals surface area contributed by atoms with Gasteiger partial charge in [-0.25, -0.2) is 4.98 Å². The van der Waals surface area contributed by atoms with Crippen LogP contribution in [0.5, 0.6) is 5.75 Å². The maximum absolute atomic E-state index is 12.3. The summed E-state index contributed by atoms with van der Waals surface area (Å²) in [6.45, 7) is 2.78. The summed E-state index contributed by atoms with van der Waals surface area (Å²) >= 11 is 0. The van der Waals surface area contributed by atoms with E-state index in [9.17, 15) is 4.79 Å². The average Bonchev–Trinajstić information content (AvgIpc) is 3.23. The van der Waals surface area contributed by atoms with E-state index in [0.717, 1.165) is 34.5 Å². The number of fused-ring (bicyclic) bond motifs is 1. The molecule has 4 heteroatoms. The molecule has 0 atom stereocenters. The standard InChI is InChI=1S/C30H26N2O2/c1-22-11-13-23(14-12-22)15-20-29(33)34-26-18-16-25(17-19-26)30-31-27-9-5-6-10-28(27)32(30)21-24-7-3-2-4-8-24/h2-14,16-19H,15,20-21H2,1H3. The fourth-order valence-corrected chi connectivity index (χ4v) is 4.08. The number of esters is 1. The van der Waals surface area contributed by atoms with Crippen molar-refractivity contribution in [3.05, 3.63) is 120 Å². The molecular weight excluding hydrogens is 420 g/mol. The normalized spacial score (nSPS) is 11.0. The van der Waals surface area contributed by atoms with Gasteiger partial charge in [0.05, 0.1) is 11.0 Å². The SMILES string of the molecule is Cc1ccc(CCC(=O)Oc2ccc(-c3nc4ccccc4n3Cc3ccccc3)cc2)cc1. The van der Waals surface area contributed by atoms with Crippen molar-refractivity contribution in [3.8, 4) is 17.1 Å². The molecule has 4 nitrogen and oxygen atoms in total. The summed E-state index contributed by atoms with van der Waals surface area (Å²) in [7, 11) is 0. The fraction of sp³-hybridized carbons (Fsp3) is 0.133. The minimum atomic E-state index is -0.232. The molecule has 168 valence electrons. The number of para-hydroxylation sites is 2. The number of imidazole rings is 1. The van der Waals surface area contributed by atoms with E-state index < -0.39 is 0 Å². The van der Waals surface area contributed by atoms with Crippen LogP contribution >= 0.6 is 0 Å². The summed E-state index contributed by atoms with van der Waals surface area (Å²) in [5, 5.41) is 0. The summed E-state index contributed by atoms with van der Waals surface area (Å²) in [5.41, 5.74) is 6.59. The molecule has 0 bridgehead atoms. The molecule has 0 radical (unpaired) electrons. The minimum absolute atomic E-state index is 0.232. The molecule has 0 aliphatic rings. The Labute approximate surface area is 199 Å². The van der Waals surface area contributed by atoms with Crippen LogP contribution in [0.25, 0.3) is 22.4 Å². The van der Waals surface area contributed by atoms with Gasteiger partial charge in [-0.1, -0.05) is 72.3 Å². The minimum Gasteiger partial charge on any atom is -0.427 e. The summed E-state index contributed by atoms with van der Waals surface area (Å²) < 4.78 is 7.80. The first-order chi connectivity index (χ1) is 16.7. The van der Waals surface area contributed by atoms with Crippen LogP contribution in [0.1, 0.15) is 23.1 Å². The van der Waals surface area contributed by atoms with Gasteiger partial charge in [-0.2, -0.15) is 0 Å². The molecule has 0 N–H and O–H groups in total. The van der Waals surface area contributed by atoms with Crippen LogP contribution in [0.15, 0.2) is 103 Å². The molecule has 1 aromatic heterocycles. The van der Waals surface area contributed by atoms with Crippen LogP contribution < -0.4 is 4.74 Å². The Hall–Kier alpha value is -4.18. The van der Waals surface area contributed by atoms with Gasteiger partial charge in [-0.15, -0.1) is 0 Å². The van der Waals surface area contributed by atoms with Crippen LogP contribution in [-0.2, 0) is 17.8 Å².